The van der Waals surface area contributed by atoms with Crippen molar-refractivity contribution in [1.29, 1.82) is 5.41 Å². The third kappa shape index (κ3) is 5.29. The number of methoxy groups -OCH3 is 1. The Labute approximate surface area is 185 Å². The maximum Gasteiger partial charge on any atom is 0.372 e. The van der Waals surface area contributed by atoms with E-state index >= 15 is 0 Å². The molecule has 2 atom stereocenters. The molecule has 0 radical (unpaired) electrons. The topological polar surface area (TPSA) is 68.6 Å². The number of ether oxygens (including phenoxy) is 3. The van der Waals surface area contributed by atoms with Gasteiger partial charge in [-0.1, -0.05) is 31.2 Å². The summed E-state index contributed by atoms with van der Waals surface area (Å²) in [6.45, 7) is 4.89. The van der Waals surface area contributed by atoms with Crippen LogP contribution in [0.25, 0.3) is 0 Å². The van der Waals surface area contributed by atoms with E-state index in [4.69, 9.17) is 19.6 Å². The molecule has 1 N–H and O–H groups in total. The number of halogens is 1. The monoisotopic (exact) mass is 507 g/mol. The zero-order valence-electron chi connectivity index (χ0n) is 17.0. The molecule has 0 aromatic heterocycles. The molecule has 1 fully saturated rings. The molecule has 29 heavy (non-hydrogen) atoms. The van der Waals surface area contributed by atoms with Gasteiger partial charge in [-0.2, -0.15) is 0 Å². The van der Waals surface area contributed by atoms with Crippen LogP contribution in [0, 0.1) is 24.2 Å². The van der Waals surface area contributed by atoms with Crippen LogP contribution in [-0.4, -0.2) is 23.6 Å². The summed E-state index contributed by atoms with van der Waals surface area (Å²) in [6, 6.07) is 12.2. The van der Waals surface area contributed by atoms with Gasteiger partial charge in [0.25, 0.3) is 0 Å². The number of carbonyl (C=O) groups excluding carboxylic acids is 1. The Morgan fingerprint density at radius 2 is 1.90 bits per heavy atom. The fourth-order valence-corrected chi connectivity index (χ4v) is 4.13. The van der Waals surface area contributed by atoms with Gasteiger partial charge in [0.15, 0.2) is 17.4 Å². The average Bonchev–Trinajstić information content (AvgIpc) is 3.03. The highest BCUT2D eigenvalue weighted by molar-refractivity contribution is 14.1. The summed E-state index contributed by atoms with van der Waals surface area (Å²) in [7, 11) is 1.55. The van der Waals surface area contributed by atoms with E-state index in [1.807, 2.05) is 12.1 Å². The third-order valence-corrected chi connectivity index (χ3v) is 5.75. The van der Waals surface area contributed by atoms with Gasteiger partial charge in [0.05, 0.1) is 36.3 Å². The van der Waals surface area contributed by atoms with E-state index in [-0.39, 0.29) is 11.8 Å². The van der Waals surface area contributed by atoms with Crippen molar-refractivity contribution >= 4 is 32.5 Å². The molecule has 2 aromatic carbocycles. The molecule has 3 rings (SSSR count). The predicted octanol–water partition coefficient (Wildman–Crippen LogP) is 5.52. The number of nitrogens with one attached hydrogen (secondary N) is 1. The molecule has 1 heterocycles. The first kappa shape index (κ1) is 21.6. The molecular formula is C23H26INO4. The zero-order chi connectivity index (χ0) is 21.0. The number of hydrogen-bond acceptors (Lipinski definition) is 5. The number of rotatable bonds is 7. The van der Waals surface area contributed by atoms with E-state index in [2.05, 4.69) is 32.0 Å². The van der Waals surface area contributed by atoms with Gasteiger partial charge in [-0.15, -0.1) is 0 Å². The summed E-state index contributed by atoms with van der Waals surface area (Å²) >= 11 is 1.59. The van der Waals surface area contributed by atoms with Crippen LogP contribution in [0.1, 0.15) is 29.2 Å². The molecule has 0 aliphatic carbocycles. The smallest absolute Gasteiger partial charge is 0.372 e. The number of carbonyl (C=O) groups is 1. The Balaban J connectivity index is 1.76. The molecule has 1 saturated heterocycles. The fourth-order valence-electron chi connectivity index (χ4n) is 3.89. The lowest BCUT2D eigenvalue weighted by atomic mass is 9.84. The van der Waals surface area contributed by atoms with Crippen LogP contribution in [0.4, 0.5) is 4.79 Å². The lowest BCUT2D eigenvalue weighted by Gasteiger charge is -2.18. The molecule has 1 aliphatic heterocycles. The van der Waals surface area contributed by atoms with Crippen LogP contribution in [0.15, 0.2) is 36.4 Å². The summed E-state index contributed by atoms with van der Waals surface area (Å²) in [5.41, 5.74) is 5.02. The van der Waals surface area contributed by atoms with Crippen molar-refractivity contribution in [1.82, 2.24) is 0 Å². The standard InChI is InChI=1S/C23H26INO4/c1-4-17-9-15(6-5-14(17)2)10-18-13-28-22(25)19(18)11-16-7-8-20(29-23(24)26)21(12-16)27-3/h5-9,12,18-19,25H,4,10-11,13H2,1-3H3/t18-,19+/m0/s1. The minimum Gasteiger partial charge on any atom is -0.493 e. The van der Waals surface area contributed by atoms with Crippen LogP contribution in [0.5, 0.6) is 11.5 Å². The molecule has 1 aliphatic rings. The highest BCUT2D eigenvalue weighted by Crippen LogP contribution is 2.33. The largest absolute Gasteiger partial charge is 0.493 e. The Bertz CT molecular complexity index is 912. The number of aryl methyl sites for hydroxylation is 2. The molecule has 0 amide bonds. The van der Waals surface area contributed by atoms with Crippen LogP contribution in [-0.2, 0) is 24.0 Å². The Morgan fingerprint density at radius 1 is 1.17 bits per heavy atom. The van der Waals surface area contributed by atoms with E-state index < -0.39 is 3.98 Å². The summed E-state index contributed by atoms with van der Waals surface area (Å²) in [6.07, 6.45) is 2.60. The first-order valence-corrected chi connectivity index (χ1v) is 10.8. The SMILES string of the molecule is CCc1cc(C[C@H]2COC(=N)[C@@H]2Cc2ccc(OC(=O)I)c(OC)c2)ccc1C. The summed E-state index contributed by atoms with van der Waals surface area (Å²) in [5.74, 6) is 1.54. The third-order valence-electron chi connectivity index (χ3n) is 5.52. The zero-order valence-corrected chi connectivity index (χ0v) is 19.1. The highest BCUT2D eigenvalue weighted by Gasteiger charge is 2.34. The van der Waals surface area contributed by atoms with Crippen LogP contribution < -0.4 is 9.47 Å². The lowest BCUT2D eigenvalue weighted by Crippen LogP contribution is -2.20. The molecule has 154 valence electrons. The van der Waals surface area contributed by atoms with E-state index in [1.54, 1.807) is 35.8 Å². The van der Waals surface area contributed by atoms with Gasteiger partial charge in [0, 0.05) is 11.8 Å². The van der Waals surface area contributed by atoms with Crippen molar-refractivity contribution in [3.8, 4) is 11.5 Å². The molecule has 0 saturated carbocycles. The van der Waals surface area contributed by atoms with Gasteiger partial charge < -0.3 is 14.2 Å². The van der Waals surface area contributed by atoms with Crippen molar-refractivity contribution in [3.05, 3.63) is 58.7 Å². The Kier molecular flexibility index (Phi) is 7.16. The van der Waals surface area contributed by atoms with Crippen LogP contribution in [0.2, 0.25) is 0 Å². The van der Waals surface area contributed by atoms with Gasteiger partial charge in [0.2, 0.25) is 0 Å². The van der Waals surface area contributed by atoms with Crippen molar-refractivity contribution in [2.24, 2.45) is 11.8 Å². The number of benzene rings is 2. The number of hydrogen-bond donors (Lipinski definition) is 1. The molecule has 6 heteroatoms. The fraction of sp³-hybridized carbons (Fsp3) is 0.391. The molecule has 0 bridgehead atoms. The highest BCUT2D eigenvalue weighted by atomic mass is 127. The van der Waals surface area contributed by atoms with E-state index in [1.165, 1.54) is 16.7 Å². The normalized spacial score (nSPS) is 18.4. The molecular weight excluding hydrogens is 481 g/mol. The summed E-state index contributed by atoms with van der Waals surface area (Å²) in [4.78, 5) is 11.2. The summed E-state index contributed by atoms with van der Waals surface area (Å²) < 4.78 is 15.7. The Hall–Kier alpha value is -2.09. The van der Waals surface area contributed by atoms with E-state index in [9.17, 15) is 4.79 Å². The van der Waals surface area contributed by atoms with Gasteiger partial charge in [-0.3, -0.25) is 5.41 Å². The second kappa shape index (κ2) is 9.61. The van der Waals surface area contributed by atoms with Gasteiger partial charge in [-0.05, 0) is 60.6 Å². The van der Waals surface area contributed by atoms with Crippen molar-refractivity contribution in [3.63, 3.8) is 0 Å². The maximum absolute atomic E-state index is 11.2. The van der Waals surface area contributed by atoms with Crippen molar-refractivity contribution in [2.45, 2.75) is 33.1 Å². The van der Waals surface area contributed by atoms with E-state index in [0.717, 1.165) is 18.4 Å². The molecule has 0 unspecified atom stereocenters. The maximum atomic E-state index is 11.2. The van der Waals surface area contributed by atoms with Crippen LogP contribution >= 0.6 is 22.6 Å². The second-order valence-corrected chi connectivity index (χ2v) is 8.27. The first-order valence-electron chi connectivity index (χ1n) is 9.75. The lowest BCUT2D eigenvalue weighted by molar-refractivity contribution is 0.228. The van der Waals surface area contributed by atoms with Gasteiger partial charge in [-0.25, -0.2) is 4.79 Å². The first-order chi connectivity index (χ1) is 13.9. The van der Waals surface area contributed by atoms with E-state index in [0.29, 0.717) is 30.4 Å². The minimum atomic E-state index is -0.413. The Morgan fingerprint density at radius 3 is 2.59 bits per heavy atom. The van der Waals surface area contributed by atoms with Gasteiger partial charge >= 0.3 is 3.98 Å². The average molecular weight is 507 g/mol. The summed E-state index contributed by atoms with van der Waals surface area (Å²) in [5, 5.41) is 8.27. The van der Waals surface area contributed by atoms with Crippen molar-refractivity contribution < 1.29 is 19.0 Å². The minimum absolute atomic E-state index is 0.0176. The quantitative estimate of drug-likeness (QED) is 0.396. The second-order valence-electron chi connectivity index (χ2n) is 7.39. The van der Waals surface area contributed by atoms with Crippen LogP contribution in [0.3, 0.4) is 0 Å². The molecule has 0 spiro atoms. The van der Waals surface area contributed by atoms with Crippen molar-refractivity contribution in [2.75, 3.05) is 13.7 Å². The predicted molar refractivity (Wildman–Crippen MR) is 122 cm³/mol. The molecule has 2 aromatic rings. The molecule has 5 nitrogen and oxygen atoms in total. The van der Waals surface area contributed by atoms with Gasteiger partial charge in [0.1, 0.15) is 0 Å².